The fourth-order valence-electron chi connectivity index (χ4n) is 5.06. The first-order valence-corrected chi connectivity index (χ1v) is 14.0. The first kappa shape index (κ1) is 24.7. The summed E-state index contributed by atoms with van der Waals surface area (Å²) in [6.07, 6.45) is 5.05. The van der Waals surface area contributed by atoms with E-state index in [1.54, 1.807) is 24.3 Å². The first-order valence-electron chi connectivity index (χ1n) is 12.8. The molecule has 0 radical (unpaired) electrons. The van der Waals surface area contributed by atoms with Crippen LogP contribution in [0.5, 0.6) is 5.75 Å². The first-order chi connectivity index (χ1) is 17.5. The average Bonchev–Trinajstić information content (AvgIpc) is 3.77. The summed E-state index contributed by atoms with van der Waals surface area (Å²) in [6.45, 7) is 1.99. The minimum atomic E-state index is -1.61. The third-order valence-corrected chi connectivity index (χ3v) is 9.36. The van der Waals surface area contributed by atoms with Crippen molar-refractivity contribution < 1.29 is 18.8 Å². The van der Waals surface area contributed by atoms with Gasteiger partial charge in [-0.15, -0.1) is 0 Å². The molecule has 3 aromatic carbocycles. The summed E-state index contributed by atoms with van der Waals surface area (Å²) in [7, 11) is -1.61. The highest BCUT2D eigenvalue weighted by Crippen LogP contribution is 2.37. The van der Waals surface area contributed by atoms with E-state index in [2.05, 4.69) is 53.4 Å². The summed E-state index contributed by atoms with van der Waals surface area (Å²) in [4.78, 5) is 15.1. The van der Waals surface area contributed by atoms with Crippen molar-refractivity contribution in [1.82, 2.24) is 4.90 Å². The number of nitrogens with zero attached hydrogens (tertiary/aromatic N) is 1. The van der Waals surface area contributed by atoms with Gasteiger partial charge >= 0.3 is 5.97 Å². The molecule has 0 amide bonds. The van der Waals surface area contributed by atoms with Crippen LogP contribution in [-0.4, -0.2) is 50.7 Å². The minimum absolute atomic E-state index is 0.426. The van der Waals surface area contributed by atoms with Crippen molar-refractivity contribution in [2.45, 2.75) is 54.2 Å². The van der Waals surface area contributed by atoms with Crippen LogP contribution in [0, 0.1) is 0 Å². The van der Waals surface area contributed by atoms with E-state index >= 15 is 0 Å². The molecule has 36 heavy (non-hydrogen) atoms. The molecule has 2 fully saturated rings. The molecule has 1 unspecified atom stereocenters. The van der Waals surface area contributed by atoms with Crippen LogP contribution >= 0.6 is 0 Å². The van der Waals surface area contributed by atoms with Gasteiger partial charge in [-0.1, -0.05) is 54.6 Å². The molecule has 188 valence electrons. The zero-order chi connectivity index (χ0) is 25.0. The molecule has 1 atom stereocenters. The monoisotopic (exact) mass is 503 g/mol. The number of carboxylic acids is 1. The van der Waals surface area contributed by atoms with Gasteiger partial charge in [0.25, 0.3) is 0 Å². The Hall–Kier alpha value is -2.96. The molecule has 0 spiro atoms. The van der Waals surface area contributed by atoms with Gasteiger partial charge in [-0.3, -0.25) is 9.00 Å². The lowest BCUT2D eigenvalue weighted by molar-refractivity contribution is -0.141. The van der Waals surface area contributed by atoms with Gasteiger partial charge in [0, 0.05) is 24.0 Å². The normalized spacial score (nSPS) is 18.4. The summed E-state index contributed by atoms with van der Waals surface area (Å²) in [5, 5.41) is 10.00. The number of carboxylic acid groups (broad SMARTS) is 1. The van der Waals surface area contributed by atoms with E-state index < -0.39 is 21.5 Å². The van der Waals surface area contributed by atoms with Crippen molar-refractivity contribution in [3.8, 4) is 16.9 Å². The Kier molecular flexibility index (Phi) is 7.54. The van der Waals surface area contributed by atoms with E-state index in [1.807, 2.05) is 6.07 Å². The number of rotatable bonds is 10. The lowest BCUT2D eigenvalue weighted by Gasteiger charge is -2.38. The molecule has 1 saturated heterocycles. The van der Waals surface area contributed by atoms with Gasteiger partial charge in [0.05, 0.1) is 17.4 Å². The van der Waals surface area contributed by atoms with Crippen molar-refractivity contribution in [1.29, 1.82) is 0 Å². The Morgan fingerprint density at radius 3 is 2.31 bits per heavy atom. The minimum Gasteiger partial charge on any atom is -0.494 e. The Morgan fingerprint density at radius 2 is 1.64 bits per heavy atom. The molecule has 5 nitrogen and oxygen atoms in total. The third-order valence-electron chi connectivity index (χ3n) is 7.36. The molecule has 6 heteroatoms. The highest BCUT2D eigenvalue weighted by Gasteiger charge is 2.49. The van der Waals surface area contributed by atoms with Crippen LogP contribution in [0.4, 0.5) is 0 Å². The van der Waals surface area contributed by atoms with Crippen molar-refractivity contribution in [2.75, 3.05) is 19.7 Å². The molecule has 3 aromatic rings. The Morgan fingerprint density at radius 1 is 0.944 bits per heavy atom. The Labute approximate surface area is 215 Å². The molecular weight excluding hydrogens is 470 g/mol. The quantitative estimate of drug-likeness (QED) is 0.367. The van der Waals surface area contributed by atoms with E-state index in [-0.39, 0.29) is 0 Å². The second kappa shape index (κ2) is 11.0. The summed E-state index contributed by atoms with van der Waals surface area (Å²) in [5.41, 5.74) is 3.71. The van der Waals surface area contributed by atoms with Crippen molar-refractivity contribution in [2.24, 2.45) is 0 Å². The van der Waals surface area contributed by atoms with Crippen molar-refractivity contribution in [3.05, 3.63) is 84.4 Å². The molecule has 1 aliphatic heterocycles. The van der Waals surface area contributed by atoms with Gasteiger partial charge in [-0.05, 0) is 79.5 Å². The number of benzene rings is 3. The number of hydrogen-bond acceptors (Lipinski definition) is 4. The largest absolute Gasteiger partial charge is 0.494 e. The number of ether oxygens (including phenoxy) is 1. The molecule has 1 heterocycles. The SMILES string of the molecule is O=C(O)C1(S(=O)c2ccc(OCCCc3cccc(-c4ccccc4)c3)cc2)CCN(C2CC2)CC1. The zero-order valence-corrected chi connectivity index (χ0v) is 21.3. The molecule has 0 bridgehead atoms. The van der Waals surface area contributed by atoms with Gasteiger partial charge in [0.2, 0.25) is 0 Å². The molecule has 1 N–H and O–H groups in total. The predicted molar refractivity (Wildman–Crippen MR) is 143 cm³/mol. The molecule has 2 aliphatic rings. The maximum atomic E-state index is 13.4. The Bertz CT molecular complexity index is 1200. The maximum Gasteiger partial charge on any atom is 0.322 e. The summed E-state index contributed by atoms with van der Waals surface area (Å²) < 4.78 is 18.1. The number of hydrogen-bond donors (Lipinski definition) is 1. The van der Waals surface area contributed by atoms with Crippen LogP contribution in [0.15, 0.2) is 83.8 Å². The van der Waals surface area contributed by atoms with Crippen LogP contribution in [0.2, 0.25) is 0 Å². The number of carbonyl (C=O) groups is 1. The van der Waals surface area contributed by atoms with Gasteiger partial charge < -0.3 is 14.7 Å². The van der Waals surface area contributed by atoms with Crippen molar-refractivity contribution >= 4 is 16.8 Å². The summed E-state index contributed by atoms with van der Waals surface area (Å²) >= 11 is 0. The summed E-state index contributed by atoms with van der Waals surface area (Å²) in [5.74, 6) is -0.241. The van der Waals surface area contributed by atoms with E-state index in [1.165, 1.54) is 29.5 Å². The number of piperidine rings is 1. The second-order valence-corrected chi connectivity index (χ2v) is 11.6. The van der Waals surface area contributed by atoms with E-state index in [0.29, 0.717) is 49.2 Å². The lowest BCUT2D eigenvalue weighted by atomic mass is 9.95. The number of aryl methyl sites for hydroxylation is 1. The second-order valence-electron chi connectivity index (χ2n) is 9.83. The van der Waals surface area contributed by atoms with Crippen molar-refractivity contribution in [3.63, 3.8) is 0 Å². The number of aliphatic carboxylic acids is 1. The molecule has 1 aliphatic carbocycles. The van der Waals surface area contributed by atoms with Crippen LogP contribution < -0.4 is 4.74 Å². The highest BCUT2D eigenvalue weighted by atomic mass is 32.2. The average molecular weight is 504 g/mol. The smallest absolute Gasteiger partial charge is 0.322 e. The van der Waals surface area contributed by atoms with Crippen LogP contribution in [0.3, 0.4) is 0 Å². The third kappa shape index (κ3) is 5.55. The van der Waals surface area contributed by atoms with E-state index in [0.717, 1.165) is 12.8 Å². The van der Waals surface area contributed by atoms with Gasteiger partial charge in [0.1, 0.15) is 10.5 Å². The Balaban J connectivity index is 1.14. The molecule has 1 saturated carbocycles. The molecular formula is C30H33NO4S. The number of likely N-dealkylation sites (tertiary alicyclic amines) is 1. The summed E-state index contributed by atoms with van der Waals surface area (Å²) in [6, 6.07) is 26.7. The zero-order valence-electron chi connectivity index (χ0n) is 20.5. The van der Waals surface area contributed by atoms with Crippen LogP contribution in [-0.2, 0) is 22.0 Å². The van der Waals surface area contributed by atoms with E-state index in [4.69, 9.17) is 4.74 Å². The lowest BCUT2D eigenvalue weighted by Crippen LogP contribution is -2.52. The maximum absolute atomic E-state index is 13.4. The topological polar surface area (TPSA) is 66.8 Å². The fourth-order valence-corrected chi connectivity index (χ4v) is 6.60. The standard InChI is InChI=1S/C30H33NO4S/c32-29(33)30(17-19-31(20-18-30)26-11-12-26)36(34)28-15-13-27(14-16-28)35-21-5-7-23-6-4-10-25(22-23)24-8-2-1-3-9-24/h1-4,6,8-10,13-16,22,26H,5,7,11-12,17-21H2,(H,32,33). The highest BCUT2D eigenvalue weighted by molar-refractivity contribution is 7.87. The van der Waals surface area contributed by atoms with E-state index in [9.17, 15) is 14.1 Å². The van der Waals surface area contributed by atoms with Gasteiger partial charge in [0.15, 0.2) is 0 Å². The molecule has 0 aromatic heterocycles. The fraction of sp³-hybridized carbons (Fsp3) is 0.367. The van der Waals surface area contributed by atoms with Gasteiger partial charge in [-0.25, -0.2) is 0 Å². The van der Waals surface area contributed by atoms with Crippen LogP contribution in [0.25, 0.3) is 11.1 Å². The predicted octanol–water partition coefficient (Wildman–Crippen LogP) is 5.55. The van der Waals surface area contributed by atoms with Crippen LogP contribution in [0.1, 0.15) is 37.7 Å². The molecule has 5 rings (SSSR count). The van der Waals surface area contributed by atoms with Gasteiger partial charge in [-0.2, -0.15) is 0 Å².